The van der Waals surface area contributed by atoms with Crippen LogP contribution in [0.5, 0.6) is 0 Å². The highest BCUT2D eigenvalue weighted by Crippen LogP contribution is 2.26. The van der Waals surface area contributed by atoms with Crippen molar-refractivity contribution in [3.63, 3.8) is 0 Å². The molecule has 0 saturated carbocycles. The first-order valence-corrected chi connectivity index (χ1v) is 8.24. The van der Waals surface area contributed by atoms with Crippen LogP contribution in [0.1, 0.15) is 12.8 Å². The van der Waals surface area contributed by atoms with Crippen LogP contribution in [0.4, 0.5) is 4.39 Å². The predicted molar refractivity (Wildman–Crippen MR) is 72.7 cm³/mol. The van der Waals surface area contributed by atoms with Gasteiger partial charge in [-0.25, -0.2) is 12.8 Å². The van der Waals surface area contributed by atoms with Gasteiger partial charge in [-0.05, 0) is 37.0 Å². The van der Waals surface area contributed by atoms with Crippen LogP contribution in [0.3, 0.4) is 0 Å². The van der Waals surface area contributed by atoms with Crippen LogP contribution in [0.2, 0.25) is 0 Å². The minimum Gasteiger partial charge on any atom is -0.396 e. The molecule has 0 bridgehead atoms. The molecule has 1 aromatic rings. The van der Waals surface area contributed by atoms with Gasteiger partial charge >= 0.3 is 0 Å². The van der Waals surface area contributed by atoms with Crippen molar-refractivity contribution >= 4 is 26.0 Å². The molecule has 1 fully saturated rings. The van der Waals surface area contributed by atoms with Crippen molar-refractivity contribution in [3.05, 3.63) is 28.5 Å². The Morgan fingerprint density at radius 3 is 2.84 bits per heavy atom. The topological polar surface area (TPSA) is 57.6 Å². The summed E-state index contributed by atoms with van der Waals surface area (Å²) in [6.45, 7) is 0.567. The van der Waals surface area contributed by atoms with E-state index in [1.54, 1.807) is 0 Å². The van der Waals surface area contributed by atoms with Gasteiger partial charge in [-0.15, -0.1) is 0 Å². The lowest BCUT2D eigenvalue weighted by Gasteiger charge is -2.31. The Hall–Kier alpha value is -0.500. The minimum absolute atomic E-state index is 0.0468. The lowest BCUT2D eigenvalue weighted by Crippen LogP contribution is -2.41. The number of halogens is 2. The third-order valence-electron chi connectivity index (χ3n) is 3.25. The summed E-state index contributed by atoms with van der Waals surface area (Å²) in [6, 6.07) is 3.90. The molecule has 0 spiro atoms. The molecule has 1 unspecified atom stereocenters. The molecule has 0 amide bonds. The van der Waals surface area contributed by atoms with E-state index < -0.39 is 15.8 Å². The maximum atomic E-state index is 13.8. The molecule has 1 N–H and O–H groups in total. The van der Waals surface area contributed by atoms with E-state index in [1.807, 2.05) is 0 Å². The Bertz CT molecular complexity index is 564. The lowest BCUT2D eigenvalue weighted by molar-refractivity contribution is 0.165. The van der Waals surface area contributed by atoms with E-state index >= 15 is 0 Å². The highest BCUT2D eigenvalue weighted by Gasteiger charge is 2.31. The molecule has 106 valence electrons. The molecule has 7 heteroatoms. The van der Waals surface area contributed by atoms with E-state index in [9.17, 15) is 12.8 Å². The number of hydrogen-bond donors (Lipinski definition) is 1. The molecule has 1 aliphatic heterocycles. The second-order valence-corrected chi connectivity index (χ2v) is 7.45. The van der Waals surface area contributed by atoms with Gasteiger partial charge in [0.25, 0.3) is 0 Å². The standard InChI is InChI=1S/C12H15BrFNO3S/c13-10-3-4-12(11(14)6-10)19(17,18)15-5-1-2-9(7-15)8-16/h3-4,6,9,16H,1-2,5,7-8H2. The summed E-state index contributed by atoms with van der Waals surface area (Å²) in [5.41, 5.74) is 0. The largest absolute Gasteiger partial charge is 0.396 e. The monoisotopic (exact) mass is 351 g/mol. The van der Waals surface area contributed by atoms with Gasteiger partial charge in [0.2, 0.25) is 10.0 Å². The van der Waals surface area contributed by atoms with Crippen molar-refractivity contribution in [3.8, 4) is 0 Å². The molecular weight excluding hydrogens is 337 g/mol. The smallest absolute Gasteiger partial charge is 0.245 e. The average molecular weight is 352 g/mol. The fourth-order valence-corrected chi connectivity index (χ4v) is 4.15. The maximum Gasteiger partial charge on any atom is 0.245 e. The molecule has 19 heavy (non-hydrogen) atoms. The van der Waals surface area contributed by atoms with Gasteiger partial charge < -0.3 is 5.11 Å². The van der Waals surface area contributed by atoms with Crippen molar-refractivity contribution in [2.75, 3.05) is 19.7 Å². The van der Waals surface area contributed by atoms with Crippen LogP contribution in [0.25, 0.3) is 0 Å². The first-order valence-electron chi connectivity index (χ1n) is 6.01. The van der Waals surface area contributed by atoms with E-state index in [2.05, 4.69) is 15.9 Å². The molecule has 0 radical (unpaired) electrons. The zero-order chi connectivity index (χ0) is 14.0. The quantitative estimate of drug-likeness (QED) is 0.905. The molecule has 1 atom stereocenters. The fraction of sp³-hybridized carbons (Fsp3) is 0.500. The molecule has 1 heterocycles. The van der Waals surface area contributed by atoms with Crippen molar-refractivity contribution < 1.29 is 17.9 Å². The first-order chi connectivity index (χ1) is 8.95. The number of aliphatic hydroxyl groups excluding tert-OH is 1. The van der Waals surface area contributed by atoms with Gasteiger partial charge in [0, 0.05) is 24.2 Å². The van der Waals surface area contributed by atoms with Crippen LogP contribution in [0.15, 0.2) is 27.6 Å². The summed E-state index contributed by atoms with van der Waals surface area (Å²) in [5, 5.41) is 9.13. The number of rotatable bonds is 3. The second-order valence-electron chi connectivity index (χ2n) is 4.63. The zero-order valence-electron chi connectivity index (χ0n) is 10.2. The summed E-state index contributed by atoms with van der Waals surface area (Å²) in [6.07, 6.45) is 1.48. The SMILES string of the molecule is O=S(=O)(c1ccc(Br)cc1F)N1CCCC(CO)C1. The molecule has 1 saturated heterocycles. The Labute approximate surface area is 120 Å². The molecule has 4 nitrogen and oxygen atoms in total. The molecule has 1 aromatic carbocycles. The summed E-state index contributed by atoms with van der Waals surface area (Å²) in [7, 11) is -3.83. The predicted octanol–water partition coefficient (Wildman–Crippen LogP) is 1.98. The fourth-order valence-electron chi connectivity index (χ4n) is 2.22. The van der Waals surface area contributed by atoms with E-state index in [4.69, 9.17) is 5.11 Å². The number of sulfonamides is 1. The molecule has 0 aliphatic carbocycles. The molecule has 2 rings (SSSR count). The highest BCUT2D eigenvalue weighted by atomic mass is 79.9. The van der Waals surface area contributed by atoms with Gasteiger partial charge in [-0.2, -0.15) is 4.31 Å². The van der Waals surface area contributed by atoms with Crippen LogP contribution >= 0.6 is 15.9 Å². The van der Waals surface area contributed by atoms with Crippen LogP contribution < -0.4 is 0 Å². The summed E-state index contributed by atoms with van der Waals surface area (Å²) < 4.78 is 40.3. The number of piperidine rings is 1. The summed E-state index contributed by atoms with van der Waals surface area (Å²) >= 11 is 3.10. The molecule has 0 aromatic heterocycles. The third-order valence-corrected chi connectivity index (χ3v) is 5.64. The summed E-state index contributed by atoms with van der Waals surface area (Å²) in [5.74, 6) is -0.831. The highest BCUT2D eigenvalue weighted by molar-refractivity contribution is 9.10. The van der Waals surface area contributed by atoms with Crippen molar-refractivity contribution in [2.24, 2.45) is 5.92 Å². The van der Waals surface area contributed by atoms with E-state index in [1.165, 1.54) is 16.4 Å². The lowest BCUT2D eigenvalue weighted by atomic mass is 10.0. The van der Waals surface area contributed by atoms with Gasteiger partial charge in [0.15, 0.2) is 0 Å². The van der Waals surface area contributed by atoms with Gasteiger partial charge in [-0.3, -0.25) is 0 Å². The first kappa shape index (κ1) is 14.9. The maximum absolute atomic E-state index is 13.8. The Balaban J connectivity index is 2.31. The average Bonchev–Trinajstić information content (AvgIpc) is 2.38. The second kappa shape index (κ2) is 5.87. The number of hydrogen-bond acceptors (Lipinski definition) is 3. The van der Waals surface area contributed by atoms with Crippen LogP contribution in [0, 0.1) is 11.7 Å². The van der Waals surface area contributed by atoms with Gasteiger partial charge in [-0.1, -0.05) is 15.9 Å². The molecular formula is C12H15BrFNO3S. The Kier molecular flexibility index (Phi) is 4.60. The van der Waals surface area contributed by atoms with Crippen molar-refractivity contribution in [2.45, 2.75) is 17.7 Å². The van der Waals surface area contributed by atoms with Gasteiger partial charge in [0.1, 0.15) is 10.7 Å². The van der Waals surface area contributed by atoms with Crippen molar-refractivity contribution in [1.82, 2.24) is 4.31 Å². The Morgan fingerprint density at radius 1 is 1.47 bits per heavy atom. The van der Waals surface area contributed by atoms with Crippen LogP contribution in [-0.4, -0.2) is 37.5 Å². The Morgan fingerprint density at radius 2 is 2.21 bits per heavy atom. The molecule has 1 aliphatic rings. The third kappa shape index (κ3) is 3.16. The number of nitrogens with zero attached hydrogens (tertiary/aromatic N) is 1. The van der Waals surface area contributed by atoms with Crippen LogP contribution in [-0.2, 0) is 10.0 Å². The van der Waals surface area contributed by atoms with E-state index in [-0.39, 0.29) is 24.0 Å². The van der Waals surface area contributed by atoms with Gasteiger partial charge in [0.05, 0.1) is 0 Å². The zero-order valence-corrected chi connectivity index (χ0v) is 12.6. The number of benzene rings is 1. The van der Waals surface area contributed by atoms with Crippen molar-refractivity contribution in [1.29, 1.82) is 0 Å². The normalized spacial score (nSPS) is 21.5. The summed E-state index contributed by atoms with van der Waals surface area (Å²) in [4.78, 5) is -0.311. The minimum atomic E-state index is -3.83. The van der Waals surface area contributed by atoms with E-state index in [0.29, 0.717) is 17.4 Å². The number of aliphatic hydroxyl groups is 1. The van der Waals surface area contributed by atoms with E-state index in [0.717, 1.165) is 12.5 Å².